The molecule has 1 atom stereocenters. The zero-order valence-corrected chi connectivity index (χ0v) is 12.6. The molecule has 0 bridgehead atoms. The Hall–Kier alpha value is -2.63. The smallest absolute Gasteiger partial charge is 0.325 e. The lowest BCUT2D eigenvalue weighted by Crippen LogP contribution is -2.38. The number of nitrogens with one attached hydrogen (secondary N) is 1. The number of hydrogen-bond donors (Lipinski definition) is 2. The highest BCUT2D eigenvalue weighted by Crippen LogP contribution is 2.12. The molecule has 1 amide bonds. The van der Waals surface area contributed by atoms with Crippen LogP contribution in [-0.2, 0) is 17.8 Å². The summed E-state index contributed by atoms with van der Waals surface area (Å²) in [4.78, 5) is 23.0. The first-order valence-corrected chi connectivity index (χ1v) is 7.15. The molecule has 22 heavy (non-hydrogen) atoms. The third-order valence-corrected chi connectivity index (χ3v) is 3.42. The normalized spacial score (nSPS) is 11.9. The van der Waals surface area contributed by atoms with Gasteiger partial charge in [-0.2, -0.15) is 5.10 Å². The van der Waals surface area contributed by atoms with Crippen LogP contribution >= 0.6 is 0 Å². The van der Waals surface area contributed by atoms with E-state index in [9.17, 15) is 9.59 Å². The van der Waals surface area contributed by atoms with Gasteiger partial charge >= 0.3 is 5.97 Å². The predicted octanol–water partition coefficient (Wildman–Crippen LogP) is 1.70. The van der Waals surface area contributed by atoms with Gasteiger partial charge in [-0.1, -0.05) is 37.3 Å². The Bertz CT molecular complexity index is 665. The molecule has 1 heterocycles. The van der Waals surface area contributed by atoms with Crippen LogP contribution in [0.5, 0.6) is 0 Å². The number of carbonyl (C=O) groups excluding carboxylic acids is 1. The molecule has 0 saturated carbocycles. The molecule has 2 N–H and O–H groups in total. The fraction of sp³-hybridized carbons (Fsp3) is 0.312. The molecule has 1 aromatic heterocycles. The maximum absolute atomic E-state index is 12.2. The molecule has 0 unspecified atom stereocenters. The van der Waals surface area contributed by atoms with E-state index >= 15 is 0 Å². The minimum atomic E-state index is -1.07. The number of carbonyl (C=O) groups is 2. The molecular weight excluding hydrogens is 282 g/mol. The molecule has 1 aromatic carbocycles. The summed E-state index contributed by atoms with van der Waals surface area (Å²) in [6, 6.07) is 8.90. The fourth-order valence-electron chi connectivity index (χ4n) is 2.20. The lowest BCUT2D eigenvalue weighted by Gasteiger charge is -2.10. The van der Waals surface area contributed by atoms with Crippen molar-refractivity contribution in [3.63, 3.8) is 0 Å². The quantitative estimate of drug-likeness (QED) is 0.850. The Kier molecular flexibility index (Phi) is 4.93. The standard InChI is InChI=1S/C16H19N3O3/c1-3-14-13(15(20)18-11(2)16(21)22)9-17-19(14)10-12-7-5-4-6-8-12/h4-9,11H,3,10H2,1-2H3,(H,18,20)(H,21,22)/t11-/m1/s1. The van der Waals surface area contributed by atoms with Gasteiger partial charge in [0.15, 0.2) is 0 Å². The minimum absolute atomic E-state index is 0.411. The van der Waals surface area contributed by atoms with Gasteiger partial charge in [-0.15, -0.1) is 0 Å². The van der Waals surface area contributed by atoms with Gasteiger partial charge in [0.25, 0.3) is 5.91 Å². The molecule has 0 spiro atoms. The van der Waals surface area contributed by atoms with E-state index < -0.39 is 17.9 Å². The molecule has 0 aliphatic rings. The largest absolute Gasteiger partial charge is 0.480 e. The molecule has 2 rings (SSSR count). The minimum Gasteiger partial charge on any atom is -0.480 e. The van der Waals surface area contributed by atoms with E-state index in [1.54, 1.807) is 4.68 Å². The van der Waals surface area contributed by atoms with Crippen LogP contribution in [0, 0.1) is 0 Å². The summed E-state index contributed by atoms with van der Waals surface area (Å²) < 4.78 is 1.77. The van der Waals surface area contributed by atoms with Gasteiger partial charge in [-0.3, -0.25) is 14.3 Å². The number of carboxylic acids is 1. The van der Waals surface area contributed by atoms with Gasteiger partial charge in [0, 0.05) is 0 Å². The van der Waals surface area contributed by atoms with E-state index in [-0.39, 0.29) is 0 Å². The van der Waals surface area contributed by atoms with E-state index in [2.05, 4.69) is 10.4 Å². The van der Waals surface area contributed by atoms with E-state index in [1.165, 1.54) is 13.1 Å². The Morgan fingerprint density at radius 1 is 1.32 bits per heavy atom. The average molecular weight is 301 g/mol. The molecule has 0 saturated heterocycles. The fourth-order valence-corrected chi connectivity index (χ4v) is 2.20. The molecule has 6 heteroatoms. The van der Waals surface area contributed by atoms with Crippen LogP contribution in [0.25, 0.3) is 0 Å². The lowest BCUT2D eigenvalue weighted by atomic mass is 10.1. The Balaban J connectivity index is 2.20. The second kappa shape index (κ2) is 6.89. The number of rotatable bonds is 6. The van der Waals surface area contributed by atoms with Crippen molar-refractivity contribution in [3.05, 3.63) is 53.3 Å². The molecule has 2 aromatic rings. The molecule has 0 aliphatic heterocycles. The van der Waals surface area contributed by atoms with E-state index in [0.29, 0.717) is 18.5 Å². The van der Waals surface area contributed by atoms with Crippen molar-refractivity contribution in [1.82, 2.24) is 15.1 Å². The van der Waals surface area contributed by atoms with Crippen LogP contribution in [0.2, 0.25) is 0 Å². The van der Waals surface area contributed by atoms with Crippen molar-refractivity contribution in [1.29, 1.82) is 0 Å². The van der Waals surface area contributed by atoms with Gasteiger partial charge in [-0.05, 0) is 18.9 Å². The van der Waals surface area contributed by atoms with E-state index in [4.69, 9.17) is 5.11 Å². The summed E-state index contributed by atoms with van der Waals surface area (Å²) in [7, 11) is 0. The Morgan fingerprint density at radius 3 is 2.59 bits per heavy atom. The van der Waals surface area contributed by atoms with Crippen LogP contribution < -0.4 is 5.32 Å². The SMILES string of the molecule is CCc1c(C(=O)N[C@H](C)C(=O)O)cnn1Cc1ccccc1. The first-order valence-electron chi connectivity index (χ1n) is 7.15. The predicted molar refractivity (Wildman–Crippen MR) is 81.7 cm³/mol. The molecular formula is C16H19N3O3. The highest BCUT2D eigenvalue weighted by Gasteiger charge is 2.20. The van der Waals surface area contributed by atoms with Gasteiger partial charge in [-0.25, -0.2) is 0 Å². The maximum atomic E-state index is 12.2. The number of benzene rings is 1. The summed E-state index contributed by atoms with van der Waals surface area (Å²) in [5.74, 6) is -1.48. The summed E-state index contributed by atoms with van der Waals surface area (Å²) in [5, 5.41) is 15.6. The highest BCUT2D eigenvalue weighted by molar-refractivity contribution is 5.97. The number of hydrogen-bond acceptors (Lipinski definition) is 3. The molecule has 0 fully saturated rings. The van der Waals surface area contributed by atoms with Gasteiger partial charge in [0.05, 0.1) is 24.0 Å². The van der Waals surface area contributed by atoms with Crippen molar-refractivity contribution in [2.75, 3.05) is 0 Å². The van der Waals surface area contributed by atoms with E-state index in [0.717, 1.165) is 11.3 Å². The van der Waals surface area contributed by atoms with Crippen LogP contribution in [0.4, 0.5) is 0 Å². The van der Waals surface area contributed by atoms with Crippen molar-refractivity contribution < 1.29 is 14.7 Å². The zero-order valence-electron chi connectivity index (χ0n) is 12.6. The van der Waals surface area contributed by atoms with Crippen molar-refractivity contribution in [3.8, 4) is 0 Å². The lowest BCUT2D eigenvalue weighted by molar-refractivity contribution is -0.138. The Morgan fingerprint density at radius 2 is 2.00 bits per heavy atom. The van der Waals surface area contributed by atoms with Crippen molar-refractivity contribution in [2.24, 2.45) is 0 Å². The average Bonchev–Trinajstić information content (AvgIpc) is 2.90. The number of carboxylic acid groups (broad SMARTS) is 1. The maximum Gasteiger partial charge on any atom is 0.325 e. The summed E-state index contributed by atoms with van der Waals surface area (Å²) in [6.07, 6.45) is 2.13. The second-order valence-corrected chi connectivity index (χ2v) is 5.04. The van der Waals surface area contributed by atoms with Crippen LogP contribution in [-0.4, -0.2) is 32.8 Å². The first kappa shape index (κ1) is 15.8. The van der Waals surface area contributed by atoms with Gasteiger partial charge < -0.3 is 10.4 Å². The number of nitrogens with zero attached hydrogens (tertiary/aromatic N) is 2. The first-order chi connectivity index (χ1) is 10.5. The van der Waals surface area contributed by atoms with Crippen LogP contribution in [0.1, 0.15) is 35.5 Å². The monoisotopic (exact) mass is 301 g/mol. The summed E-state index contributed by atoms with van der Waals surface area (Å²) >= 11 is 0. The van der Waals surface area contributed by atoms with Crippen LogP contribution in [0.15, 0.2) is 36.5 Å². The topological polar surface area (TPSA) is 84.2 Å². The number of amides is 1. The molecule has 6 nitrogen and oxygen atoms in total. The van der Waals surface area contributed by atoms with Crippen molar-refractivity contribution in [2.45, 2.75) is 32.9 Å². The zero-order chi connectivity index (χ0) is 16.1. The van der Waals surface area contributed by atoms with Gasteiger partial charge in [0.2, 0.25) is 0 Å². The highest BCUT2D eigenvalue weighted by atomic mass is 16.4. The third kappa shape index (κ3) is 3.52. The molecule has 0 aliphatic carbocycles. The molecule has 0 radical (unpaired) electrons. The van der Waals surface area contributed by atoms with E-state index in [1.807, 2.05) is 37.3 Å². The van der Waals surface area contributed by atoms with Crippen LogP contribution in [0.3, 0.4) is 0 Å². The summed E-state index contributed by atoms with van der Waals surface area (Å²) in [6.45, 7) is 3.95. The second-order valence-electron chi connectivity index (χ2n) is 5.04. The Labute approximate surface area is 128 Å². The summed E-state index contributed by atoms with van der Waals surface area (Å²) in [5.41, 5.74) is 2.30. The number of aromatic nitrogens is 2. The number of aliphatic carboxylic acids is 1. The van der Waals surface area contributed by atoms with Gasteiger partial charge in [0.1, 0.15) is 6.04 Å². The molecule has 116 valence electrons. The van der Waals surface area contributed by atoms with Crippen molar-refractivity contribution >= 4 is 11.9 Å². The third-order valence-electron chi connectivity index (χ3n) is 3.42.